The van der Waals surface area contributed by atoms with Gasteiger partial charge in [-0.1, -0.05) is 0 Å². The maximum Gasteiger partial charge on any atom is 0.410 e. The monoisotopic (exact) mass is 463 g/mol. The van der Waals surface area contributed by atoms with Gasteiger partial charge in [-0.3, -0.25) is 15.1 Å². The van der Waals surface area contributed by atoms with Crippen LogP contribution >= 0.6 is 0 Å². The predicted molar refractivity (Wildman–Crippen MR) is 112 cm³/mol. The van der Waals surface area contributed by atoms with E-state index < -0.39 is 23.7 Å². The van der Waals surface area contributed by atoms with E-state index in [0.717, 1.165) is 12.8 Å². The standard InChI is InChI=1S/C21H36F3N5O3/c1-20(2,3)31-19(30)28-7-4-13(5-8-28)17-26-18(32-27-17)15-10-16(14(22)11-25-15)29-9-6-21(23,24)12-29/h13-18,25-27H,4-12H2,1-3H3. The number of amides is 1. The third-order valence-electron chi connectivity index (χ3n) is 6.85. The number of hydroxylamine groups is 1. The largest absolute Gasteiger partial charge is 0.444 e. The fraction of sp³-hybridized carbons (Fsp3) is 0.952. The highest BCUT2D eigenvalue weighted by molar-refractivity contribution is 5.68. The van der Waals surface area contributed by atoms with Gasteiger partial charge in [0.2, 0.25) is 0 Å². The number of hydrogen-bond donors (Lipinski definition) is 3. The number of ether oxygens (including phenoxy) is 1. The number of carbonyl (C=O) groups is 1. The van der Waals surface area contributed by atoms with E-state index >= 15 is 0 Å². The van der Waals surface area contributed by atoms with Gasteiger partial charge < -0.3 is 15.0 Å². The minimum atomic E-state index is -2.73. The zero-order valence-corrected chi connectivity index (χ0v) is 19.1. The molecule has 0 radical (unpaired) electrons. The van der Waals surface area contributed by atoms with E-state index in [1.54, 1.807) is 9.80 Å². The van der Waals surface area contributed by atoms with Crippen LogP contribution in [-0.2, 0) is 9.57 Å². The van der Waals surface area contributed by atoms with Crippen LogP contribution in [0.15, 0.2) is 0 Å². The third kappa shape index (κ3) is 5.67. The highest BCUT2D eigenvalue weighted by Gasteiger charge is 2.47. The number of alkyl halides is 3. The molecule has 4 aliphatic heterocycles. The minimum Gasteiger partial charge on any atom is -0.444 e. The molecule has 4 rings (SSSR count). The molecule has 3 N–H and O–H groups in total. The van der Waals surface area contributed by atoms with Gasteiger partial charge in [-0.05, 0) is 46.0 Å². The van der Waals surface area contributed by atoms with Crippen LogP contribution < -0.4 is 16.1 Å². The second kappa shape index (κ2) is 9.25. The molecule has 4 heterocycles. The van der Waals surface area contributed by atoms with Gasteiger partial charge in [0.15, 0.2) is 0 Å². The highest BCUT2D eigenvalue weighted by Crippen LogP contribution is 2.32. The fourth-order valence-electron chi connectivity index (χ4n) is 5.11. The smallest absolute Gasteiger partial charge is 0.410 e. The van der Waals surface area contributed by atoms with E-state index in [2.05, 4.69) is 16.1 Å². The Morgan fingerprint density at radius 3 is 2.53 bits per heavy atom. The van der Waals surface area contributed by atoms with Gasteiger partial charge in [0.05, 0.1) is 18.8 Å². The predicted octanol–water partition coefficient (Wildman–Crippen LogP) is 1.82. The Kier molecular flexibility index (Phi) is 6.94. The van der Waals surface area contributed by atoms with Crippen LogP contribution in [0.1, 0.15) is 46.5 Å². The Labute approximate surface area is 187 Å². The molecule has 0 spiro atoms. The number of rotatable bonds is 3. The molecule has 0 aromatic heterocycles. The topological polar surface area (TPSA) is 78.1 Å². The molecule has 0 aromatic carbocycles. The van der Waals surface area contributed by atoms with Gasteiger partial charge in [0, 0.05) is 38.6 Å². The molecule has 0 aromatic rings. The van der Waals surface area contributed by atoms with Gasteiger partial charge >= 0.3 is 6.09 Å². The van der Waals surface area contributed by atoms with Crippen LogP contribution in [0.5, 0.6) is 0 Å². The molecule has 11 heteroatoms. The SMILES string of the molecule is CC(C)(C)OC(=O)N1CCC(C2NOC(C3CC(N4CCC(F)(F)C4)C(F)CN3)N2)CC1. The summed E-state index contributed by atoms with van der Waals surface area (Å²) >= 11 is 0. The minimum absolute atomic E-state index is 0.0831. The first-order chi connectivity index (χ1) is 15.0. The van der Waals surface area contributed by atoms with Crippen molar-refractivity contribution in [2.45, 2.75) is 88.6 Å². The van der Waals surface area contributed by atoms with Crippen molar-refractivity contribution < 1.29 is 27.5 Å². The number of carbonyl (C=O) groups excluding carboxylic acids is 1. The number of hydrogen-bond acceptors (Lipinski definition) is 7. The van der Waals surface area contributed by atoms with Crippen molar-refractivity contribution in [3.63, 3.8) is 0 Å². The van der Waals surface area contributed by atoms with E-state index in [1.165, 1.54) is 0 Å². The third-order valence-corrected chi connectivity index (χ3v) is 6.85. The lowest BCUT2D eigenvalue weighted by atomic mass is 9.93. The van der Waals surface area contributed by atoms with E-state index in [4.69, 9.17) is 9.57 Å². The van der Waals surface area contributed by atoms with Crippen molar-refractivity contribution in [1.29, 1.82) is 0 Å². The number of likely N-dealkylation sites (tertiary alicyclic amines) is 2. The summed E-state index contributed by atoms with van der Waals surface area (Å²) in [6.07, 6.45) is -0.127. The quantitative estimate of drug-likeness (QED) is 0.589. The summed E-state index contributed by atoms with van der Waals surface area (Å²) in [7, 11) is 0. The summed E-state index contributed by atoms with van der Waals surface area (Å²) in [6, 6.07) is -0.711. The van der Waals surface area contributed by atoms with Gasteiger partial charge in [0.25, 0.3) is 5.92 Å². The molecule has 4 fully saturated rings. The summed E-state index contributed by atoms with van der Waals surface area (Å²) in [4.78, 5) is 21.4. The van der Waals surface area contributed by atoms with Crippen LogP contribution in [0.4, 0.5) is 18.0 Å². The number of halogens is 3. The van der Waals surface area contributed by atoms with E-state index in [9.17, 15) is 18.0 Å². The molecule has 5 atom stereocenters. The van der Waals surface area contributed by atoms with E-state index in [1.807, 2.05) is 20.8 Å². The van der Waals surface area contributed by atoms with Crippen LogP contribution in [0.2, 0.25) is 0 Å². The molecular weight excluding hydrogens is 427 g/mol. The zero-order valence-electron chi connectivity index (χ0n) is 19.1. The second-order valence-electron chi connectivity index (χ2n) is 10.5. The molecule has 8 nitrogen and oxygen atoms in total. The highest BCUT2D eigenvalue weighted by atomic mass is 19.3. The van der Waals surface area contributed by atoms with Gasteiger partial charge in [-0.2, -0.15) is 5.48 Å². The van der Waals surface area contributed by atoms with Gasteiger partial charge in [-0.15, -0.1) is 0 Å². The van der Waals surface area contributed by atoms with Gasteiger partial charge in [-0.25, -0.2) is 18.0 Å². The molecule has 184 valence electrons. The van der Waals surface area contributed by atoms with Crippen LogP contribution in [-0.4, -0.2) is 90.8 Å². The zero-order chi connectivity index (χ0) is 23.1. The summed E-state index contributed by atoms with van der Waals surface area (Å²) in [6.45, 7) is 6.75. The Bertz CT molecular complexity index is 672. The summed E-state index contributed by atoms with van der Waals surface area (Å²) < 4.78 is 47.2. The molecule has 4 aliphatic rings. The molecular formula is C21H36F3N5O3. The van der Waals surface area contributed by atoms with Crippen LogP contribution in [0.25, 0.3) is 0 Å². The first kappa shape index (κ1) is 24.0. The maximum absolute atomic E-state index is 14.5. The fourth-order valence-corrected chi connectivity index (χ4v) is 5.11. The summed E-state index contributed by atoms with van der Waals surface area (Å²) in [5, 5.41) is 6.60. The first-order valence-electron chi connectivity index (χ1n) is 11.7. The lowest BCUT2D eigenvalue weighted by Crippen LogP contribution is -2.60. The number of nitrogens with zero attached hydrogens (tertiary/aromatic N) is 2. The Morgan fingerprint density at radius 1 is 1.19 bits per heavy atom. The molecule has 0 saturated carbocycles. The number of nitrogens with one attached hydrogen (secondary N) is 3. The maximum atomic E-state index is 14.5. The molecule has 32 heavy (non-hydrogen) atoms. The summed E-state index contributed by atoms with van der Waals surface area (Å²) in [5.41, 5.74) is 2.54. The van der Waals surface area contributed by atoms with Crippen molar-refractivity contribution in [3.8, 4) is 0 Å². The summed E-state index contributed by atoms with van der Waals surface area (Å²) in [5.74, 6) is -2.47. The lowest BCUT2D eigenvalue weighted by Gasteiger charge is -2.39. The second-order valence-corrected chi connectivity index (χ2v) is 10.5. The van der Waals surface area contributed by atoms with Crippen molar-refractivity contribution in [1.82, 2.24) is 25.9 Å². The first-order valence-corrected chi connectivity index (χ1v) is 11.7. The lowest BCUT2D eigenvalue weighted by molar-refractivity contribution is -0.0336. The Morgan fingerprint density at radius 2 is 1.91 bits per heavy atom. The van der Waals surface area contributed by atoms with Crippen molar-refractivity contribution >= 4 is 6.09 Å². The molecule has 5 unspecified atom stereocenters. The molecule has 0 aliphatic carbocycles. The van der Waals surface area contributed by atoms with Crippen molar-refractivity contribution in [3.05, 3.63) is 0 Å². The average molecular weight is 464 g/mol. The van der Waals surface area contributed by atoms with E-state index in [-0.39, 0.29) is 56.5 Å². The van der Waals surface area contributed by atoms with Crippen LogP contribution in [0, 0.1) is 5.92 Å². The molecule has 1 amide bonds. The Balaban J connectivity index is 1.25. The molecule has 0 bridgehead atoms. The average Bonchev–Trinajstić information content (AvgIpc) is 3.34. The van der Waals surface area contributed by atoms with Crippen molar-refractivity contribution in [2.75, 3.05) is 32.7 Å². The van der Waals surface area contributed by atoms with Crippen molar-refractivity contribution in [2.24, 2.45) is 5.92 Å². The molecule has 4 saturated heterocycles. The van der Waals surface area contributed by atoms with E-state index in [0.29, 0.717) is 19.5 Å². The Hall–Kier alpha value is -1.14. The normalized spacial score (nSPS) is 37.1. The number of piperidine rings is 2. The van der Waals surface area contributed by atoms with Gasteiger partial charge in [0.1, 0.15) is 18.0 Å². The van der Waals surface area contributed by atoms with Crippen LogP contribution in [0.3, 0.4) is 0 Å².